The second-order valence-electron chi connectivity index (χ2n) is 6.48. The molecule has 0 aliphatic rings. The Morgan fingerprint density at radius 3 is 2.78 bits per heavy atom. The largest absolute Gasteiger partial charge is 0.478 e. The van der Waals surface area contributed by atoms with Crippen LogP contribution in [0.15, 0.2) is 24.8 Å². The van der Waals surface area contributed by atoms with Gasteiger partial charge in [0.05, 0.1) is 5.69 Å². The van der Waals surface area contributed by atoms with Gasteiger partial charge in [0.25, 0.3) is 0 Å². The van der Waals surface area contributed by atoms with E-state index in [4.69, 9.17) is 10.5 Å². The molecule has 0 aliphatic carbocycles. The van der Waals surface area contributed by atoms with Gasteiger partial charge in [-0.25, -0.2) is 14.8 Å². The molecule has 0 saturated carbocycles. The molecular weight excluding hydrogens is 312 g/mol. The molecule has 3 N–H and O–H groups in total. The van der Waals surface area contributed by atoms with E-state index in [0.717, 1.165) is 12.2 Å². The van der Waals surface area contributed by atoms with Gasteiger partial charge in [0, 0.05) is 32.5 Å². The molecule has 0 radical (unpaired) electrons. The van der Waals surface area contributed by atoms with E-state index in [-0.39, 0.29) is 5.57 Å². The summed E-state index contributed by atoms with van der Waals surface area (Å²) in [5.74, 6) is -1.12. The van der Waals surface area contributed by atoms with E-state index in [1.807, 2.05) is 10.8 Å². The summed E-state index contributed by atoms with van der Waals surface area (Å²) >= 11 is 0. The molecule has 8 heteroatoms. The third kappa shape index (κ3) is 4.17. The van der Waals surface area contributed by atoms with E-state index < -0.39 is 14.0 Å². The average molecular weight is 334 g/mol. The molecule has 2 aromatic heterocycles. The van der Waals surface area contributed by atoms with Gasteiger partial charge < -0.3 is 20.1 Å². The monoisotopic (exact) mass is 334 g/mol. The molecule has 0 saturated heterocycles. The summed E-state index contributed by atoms with van der Waals surface area (Å²) in [6.07, 6.45) is 4.20. The zero-order chi connectivity index (χ0) is 17.0. The van der Waals surface area contributed by atoms with Crippen molar-refractivity contribution in [3.63, 3.8) is 0 Å². The molecule has 124 valence electrons. The van der Waals surface area contributed by atoms with Gasteiger partial charge in [0.15, 0.2) is 0 Å². The topological polar surface area (TPSA) is 103 Å². The number of aromatic nitrogens is 3. The van der Waals surface area contributed by atoms with Crippen molar-refractivity contribution in [2.75, 3.05) is 6.61 Å². The Morgan fingerprint density at radius 2 is 2.17 bits per heavy atom. The maximum atomic E-state index is 11.2. The molecule has 0 atom stereocenters. The number of carboxylic acid groups (broad SMARTS) is 1. The van der Waals surface area contributed by atoms with Crippen LogP contribution in [0, 0.1) is 0 Å². The Bertz CT molecular complexity index is 734. The number of carbonyl (C=O) groups is 1. The number of fused-ring (bicyclic) bond motifs is 1. The fraction of sp³-hybridized carbons (Fsp3) is 0.400. The standard InChI is InChI=1S/C15H22N4O3Si/c1-23(2,3)7-6-22-10-19-5-4-11-13(12(8-16)15(20)21)17-9-18-14(11)19/h4-5,8-9H,6-7,10,16H2,1-3H3,(H,20,21)/b12-8+. The van der Waals surface area contributed by atoms with Gasteiger partial charge >= 0.3 is 5.97 Å². The lowest BCUT2D eigenvalue weighted by molar-refractivity contribution is -0.130. The predicted molar refractivity (Wildman–Crippen MR) is 91.4 cm³/mol. The van der Waals surface area contributed by atoms with Gasteiger partial charge in [0.2, 0.25) is 0 Å². The summed E-state index contributed by atoms with van der Waals surface area (Å²) < 4.78 is 7.55. The maximum absolute atomic E-state index is 11.2. The first-order chi connectivity index (χ1) is 10.8. The van der Waals surface area contributed by atoms with Crippen molar-refractivity contribution < 1.29 is 14.6 Å². The number of nitrogens with zero attached hydrogens (tertiary/aromatic N) is 3. The lowest BCUT2D eigenvalue weighted by atomic mass is 10.1. The van der Waals surface area contributed by atoms with Crippen molar-refractivity contribution in [2.24, 2.45) is 5.73 Å². The second-order valence-corrected chi connectivity index (χ2v) is 12.1. The summed E-state index contributed by atoms with van der Waals surface area (Å²) in [6.45, 7) is 7.98. The van der Waals surface area contributed by atoms with Crippen molar-refractivity contribution >= 4 is 30.6 Å². The van der Waals surface area contributed by atoms with Gasteiger partial charge in [0.1, 0.15) is 24.3 Å². The first-order valence-electron chi connectivity index (χ1n) is 7.36. The van der Waals surface area contributed by atoms with Gasteiger partial charge in [-0.1, -0.05) is 19.6 Å². The quantitative estimate of drug-likeness (QED) is 0.457. The van der Waals surface area contributed by atoms with E-state index in [0.29, 0.717) is 30.1 Å². The lowest BCUT2D eigenvalue weighted by Crippen LogP contribution is -2.22. The number of aliphatic carboxylic acids is 1. The molecule has 0 spiro atoms. The predicted octanol–water partition coefficient (Wildman–Crippen LogP) is 2.13. The van der Waals surface area contributed by atoms with Crippen LogP contribution in [-0.2, 0) is 16.3 Å². The van der Waals surface area contributed by atoms with Crippen molar-refractivity contribution in [1.29, 1.82) is 0 Å². The molecule has 23 heavy (non-hydrogen) atoms. The highest BCUT2D eigenvalue weighted by Gasteiger charge is 2.17. The number of carboxylic acids is 1. The van der Waals surface area contributed by atoms with E-state index in [1.54, 1.807) is 6.07 Å². The fourth-order valence-corrected chi connectivity index (χ4v) is 2.87. The molecule has 7 nitrogen and oxygen atoms in total. The van der Waals surface area contributed by atoms with E-state index in [1.165, 1.54) is 6.33 Å². The van der Waals surface area contributed by atoms with Crippen molar-refractivity contribution in [1.82, 2.24) is 14.5 Å². The molecule has 2 heterocycles. The Kier molecular flexibility index (Phi) is 5.17. The van der Waals surface area contributed by atoms with Gasteiger partial charge in [-0.3, -0.25) is 0 Å². The number of hydrogen-bond donors (Lipinski definition) is 2. The summed E-state index contributed by atoms with van der Waals surface area (Å²) in [7, 11) is -1.12. The first kappa shape index (κ1) is 17.2. The highest BCUT2D eigenvalue weighted by atomic mass is 28.3. The Hall–Kier alpha value is -2.19. The minimum atomic E-state index is -1.12. The number of ether oxygens (including phenoxy) is 1. The average Bonchev–Trinajstić information content (AvgIpc) is 2.87. The van der Waals surface area contributed by atoms with Crippen LogP contribution in [-0.4, -0.2) is 40.3 Å². The smallest absolute Gasteiger partial charge is 0.339 e. The van der Waals surface area contributed by atoms with E-state index in [9.17, 15) is 9.90 Å². The van der Waals surface area contributed by atoms with Crippen LogP contribution in [0.1, 0.15) is 5.69 Å². The van der Waals surface area contributed by atoms with E-state index in [2.05, 4.69) is 29.6 Å². The Morgan fingerprint density at radius 1 is 1.43 bits per heavy atom. The summed E-state index contributed by atoms with van der Waals surface area (Å²) in [5.41, 5.74) is 6.30. The van der Waals surface area contributed by atoms with Crippen LogP contribution in [0.3, 0.4) is 0 Å². The minimum Gasteiger partial charge on any atom is -0.478 e. The zero-order valence-electron chi connectivity index (χ0n) is 13.6. The van der Waals surface area contributed by atoms with Crippen molar-refractivity contribution in [3.05, 3.63) is 30.5 Å². The molecule has 0 aliphatic heterocycles. The molecule has 0 bridgehead atoms. The van der Waals surface area contributed by atoms with Gasteiger partial charge in [-0.2, -0.15) is 0 Å². The zero-order valence-corrected chi connectivity index (χ0v) is 14.6. The SMILES string of the molecule is C[Si](C)(C)CCOCn1ccc2c(/C(=C\N)C(=O)O)ncnc21. The Labute approximate surface area is 135 Å². The fourth-order valence-electron chi connectivity index (χ4n) is 2.12. The van der Waals surface area contributed by atoms with Crippen LogP contribution in [0.2, 0.25) is 25.7 Å². The summed E-state index contributed by atoms with van der Waals surface area (Å²) in [6, 6.07) is 2.87. The van der Waals surface area contributed by atoms with Gasteiger partial charge in [-0.05, 0) is 12.1 Å². The van der Waals surface area contributed by atoms with Crippen LogP contribution in [0.4, 0.5) is 0 Å². The molecule has 0 aromatic carbocycles. The Balaban J connectivity index is 2.20. The second kappa shape index (κ2) is 6.92. The van der Waals surface area contributed by atoms with Gasteiger partial charge in [-0.15, -0.1) is 0 Å². The van der Waals surface area contributed by atoms with Crippen molar-refractivity contribution in [3.8, 4) is 0 Å². The lowest BCUT2D eigenvalue weighted by Gasteiger charge is -2.15. The number of nitrogens with two attached hydrogens (primary N) is 1. The van der Waals surface area contributed by atoms with Crippen LogP contribution >= 0.6 is 0 Å². The normalized spacial score (nSPS) is 12.7. The third-order valence-corrected chi connectivity index (χ3v) is 5.14. The highest BCUT2D eigenvalue weighted by molar-refractivity contribution is 6.76. The molecule has 2 rings (SSSR count). The van der Waals surface area contributed by atoms with Crippen LogP contribution in [0.25, 0.3) is 16.6 Å². The van der Waals surface area contributed by atoms with E-state index >= 15 is 0 Å². The maximum Gasteiger partial charge on any atom is 0.339 e. The van der Waals surface area contributed by atoms with Crippen LogP contribution in [0.5, 0.6) is 0 Å². The molecule has 0 fully saturated rings. The third-order valence-electron chi connectivity index (χ3n) is 3.44. The minimum absolute atomic E-state index is 0.0465. The molecule has 2 aromatic rings. The van der Waals surface area contributed by atoms with Crippen molar-refractivity contribution in [2.45, 2.75) is 32.4 Å². The number of rotatable bonds is 7. The molecular formula is C15H22N4O3Si. The summed E-state index contributed by atoms with van der Waals surface area (Å²) in [5, 5.41) is 9.85. The molecule has 0 amide bonds. The van der Waals surface area contributed by atoms with Crippen LogP contribution < -0.4 is 5.73 Å². The number of hydrogen-bond acceptors (Lipinski definition) is 5. The highest BCUT2D eigenvalue weighted by Crippen LogP contribution is 2.22. The first-order valence-corrected chi connectivity index (χ1v) is 11.1. The summed E-state index contributed by atoms with van der Waals surface area (Å²) in [4.78, 5) is 19.5. The molecule has 0 unspecified atom stereocenters.